The third kappa shape index (κ3) is 2.88. The molecule has 0 spiro atoms. The van der Waals surface area contributed by atoms with Crippen molar-refractivity contribution >= 4 is 39.3 Å². The van der Waals surface area contributed by atoms with Gasteiger partial charge in [-0.15, -0.1) is 0 Å². The van der Waals surface area contributed by atoms with Crippen LogP contribution in [-0.2, 0) is 11.3 Å². The van der Waals surface area contributed by atoms with Crippen LogP contribution < -0.4 is 4.80 Å². The van der Waals surface area contributed by atoms with E-state index < -0.39 is 17.7 Å². The molecule has 1 aromatic heterocycles. The minimum absolute atomic E-state index is 0.330. The Morgan fingerprint density at radius 1 is 1.04 bits per heavy atom. The van der Waals surface area contributed by atoms with Gasteiger partial charge in [-0.2, -0.15) is 4.99 Å². The summed E-state index contributed by atoms with van der Waals surface area (Å²) in [5.74, 6) is -1.41. The first-order valence-corrected chi connectivity index (χ1v) is 9.85. The fraction of sp³-hybridized carbons (Fsp3) is 0.238. The molecule has 3 aromatic rings. The van der Waals surface area contributed by atoms with Gasteiger partial charge in [-0.3, -0.25) is 19.3 Å². The molecule has 28 heavy (non-hydrogen) atoms. The largest absolute Gasteiger partial charge is 0.317 e. The third-order valence-corrected chi connectivity index (χ3v) is 6.05. The monoisotopic (exact) mass is 393 g/mol. The maximum absolute atomic E-state index is 12.6. The number of amides is 3. The van der Waals surface area contributed by atoms with Gasteiger partial charge in [0.2, 0.25) is 0 Å². The molecule has 0 N–H and O–H groups in total. The van der Waals surface area contributed by atoms with Crippen molar-refractivity contribution in [3.8, 4) is 0 Å². The van der Waals surface area contributed by atoms with Gasteiger partial charge in [0, 0.05) is 6.54 Å². The van der Waals surface area contributed by atoms with Gasteiger partial charge in [0.1, 0.15) is 6.54 Å². The summed E-state index contributed by atoms with van der Waals surface area (Å²) in [6.45, 7) is 6.41. The molecule has 0 unspecified atom stereocenters. The summed E-state index contributed by atoms with van der Waals surface area (Å²) in [5.41, 5.74) is 4.05. The lowest BCUT2D eigenvalue weighted by Gasteiger charge is -2.10. The SMILES string of the molecule is CCn1c(=NC(=O)CN2C(=O)c3ccccc3C2=O)sc2cc(C)c(C)cc21. The zero-order chi connectivity index (χ0) is 20.0. The van der Waals surface area contributed by atoms with E-state index in [4.69, 9.17) is 0 Å². The van der Waals surface area contributed by atoms with Crippen LogP contribution in [0.2, 0.25) is 0 Å². The molecule has 1 aliphatic heterocycles. The van der Waals surface area contributed by atoms with E-state index in [1.165, 1.54) is 22.5 Å². The van der Waals surface area contributed by atoms with Crippen molar-refractivity contribution < 1.29 is 14.4 Å². The Bertz CT molecular complexity index is 1180. The van der Waals surface area contributed by atoms with E-state index in [0.29, 0.717) is 22.5 Å². The molecule has 142 valence electrons. The van der Waals surface area contributed by atoms with E-state index >= 15 is 0 Å². The van der Waals surface area contributed by atoms with Gasteiger partial charge in [-0.25, -0.2) is 0 Å². The van der Waals surface area contributed by atoms with Crippen LogP contribution in [0, 0.1) is 13.8 Å². The van der Waals surface area contributed by atoms with Crippen LogP contribution in [0.5, 0.6) is 0 Å². The van der Waals surface area contributed by atoms with E-state index in [1.807, 2.05) is 11.5 Å². The summed E-state index contributed by atoms with van der Waals surface area (Å²) in [5, 5.41) is 0. The first-order valence-electron chi connectivity index (χ1n) is 9.04. The normalized spacial score (nSPS) is 14.2. The predicted molar refractivity (Wildman–Crippen MR) is 107 cm³/mol. The van der Waals surface area contributed by atoms with Crippen LogP contribution in [-0.4, -0.2) is 33.7 Å². The molecule has 3 amide bonds. The third-order valence-electron chi connectivity index (χ3n) is 5.01. The van der Waals surface area contributed by atoms with Gasteiger partial charge in [-0.1, -0.05) is 23.5 Å². The Hall–Kier alpha value is -3.06. The summed E-state index contributed by atoms with van der Waals surface area (Å²) in [6, 6.07) is 10.8. The van der Waals surface area contributed by atoms with Crippen molar-refractivity contribution in [2.24, 2.45) is 4.99 Å². The Morgan fingerprint density at radius 3 is 2.25 bits per heavy atom. The molecular formula is C21H19N3O3S. The van der Waals surface area contributed by atoms with E-state index in [0.717, 1.165) is 15.1 Å². The number of aromatic nitrogens is 1. The molecule has 0 fully saturated rings. The molecule has 1 aliphatic rings. The van der Waals surface area contributed by atoms with Gasteiger partial charge in [-0.05, 0) is 56.2 Å². The lowest BCUT2D eigenvalue weighted by atomic mass is 10.1. The van der Waals surface area contributed by atoms with E-state index in [1.54, 1.807) is 24.3 Å². The van der Waals surface area contributed by atoms with Crippen molar-refractivity contribution in [2.75, 3.05) is 6.54 Å². The number of carbonyl (C=O) groups is 3. The van der Waals surface area contributed by atoms with Crippen molar-refractivity contribution in [3.63, 3.8) is 0 Å². The Labute approximate surface area is 165 Å². The van der Waals surface area contributed by atoms with Crippen LogP contribution in [0.1, 0.15) is 38.8 Å². The number of nitrogens with zero attached hydrogens (tertiary/aromatic N) is 3. The molecular weight excluding hydrogens is 374 g/mol. The molecule has 4 rings (SSSR count). The smallest absolute Gasteiger partial charge is 0.268 e. The molecule has 2 heterocycles. The Kier molecular flexibility index (Phi) is 4.47. The first kappa shape index (κ1) is 18.3. The summed E-state index contributed by atoms with van der Waals surface area (Å²) in [6.07, 6.45) is 0. The zero-order valence-corrected chi connectivity index (χ0v) is 16.7. The van der Waals surface area contributed by atoms with E-state index in [2.05, 4.69) is 31.0 Å². The second-order valence-electron chi connectivity index (χ2n) is 6.78. The summed E-state index contributed by atoms with van der Waals surface area (Å²) in [4.78, 5) is 43.2. The molecule has 7 heteroatoms. The molecule has 6 nitrogen and oxygen atoms in total. The van der Waals surface area contributed by atoms with Gasteiger partial charge in [0.05, 0.1) is 21.3 Å². The number of aryl methyl sites for hydroxylation is 3. The molecule has 0 saturated heterocycles. The van der Waals surface area contributed by atoms with Crippen LogP contribution in [0.25, 0.3) is 10.2 Å². The number of thiazole rings is 1. The number of carbonyl (C=O) groups excluding carboxylic acids is 3. The van der Waals surface area contributed by atoms with Gasteiger partial charge in [0.25, 0.3) is 17.7 Å². The van der Waals surface area contributed by atoms with E-state index in [-0.39, 0.29) is 6.54 Å². The lowest BCUT2D eigenvalue weighted by Crippen LogP contribution is -2.35. The van der Waals surface area contributed by atoms with Crippen LogP contribution in [0.3, 0.4) is 0 Å². The maximum atomic E-state index is 12.6. The number of imide groups is 1. The van der Waals surface area contributed by atoms with Gasteiger partial charge < -0.3 is 4.57 Å². The minimum Gasteiger partial charge on any atom is -0.317 e. The number of hydrogen-bond acceptors (Lipinski definition) is 4. The van der Waals surface area contributed by atoms with E-state index in [9.17, 15) is 14.4 Å². The highest BCUT2D eigenvalue weighted by Crippen LogP contribution is 2.23. The summed E-state index contributed by atoms with van der Waals surface area (Å²) in [7, 11) is 0. The molecule has 0 atom stereocenters. The van der Waals surface area contributed by atoms with Crippen molar-refractivity contribution in [1.29, 1.82) is 0 Å². The molecule has 0 bridgehead atoms. The topological polar surface area (TPSA) is 71.7 Å². The Balaban J connectivity index is 1.68. The fourth-order valence-corrected chi connectivity index (χ4v) is 4.56. The van der Waals surface area contributed by atoms with Crippen LogP contribution in [0.15, 0.2) is 41.4 Å². The van der Waals surface area contributed by atoms with Crippen LogP contribution in [0.4, 0.5) is 0 Å². The number of rotatable bonds is 3. The quantitative estimate of drug-likeness (QED) is 0.642. The Morgan fingerprint density at radius 2 is 1.64 bits per heavy atom. The van der Waals surface area contributed by atoms with Crippen molar-refractivity contribution in [2.45, 2.75) is 27.3 Å². The molecule has 0 aliphatic carbocycles. The second-order valence-corrected chi connectivity index (χ2v) is 7.79. The highest BCUT2D eigenvalue weighted by Gasteiger charge is 2.36. The summed E-state index contributed by atoms with van der Waals surface area (Å²) < 4.78 is 3.03. The van der Waals surface area contributed by atoms with Crippen molar-refractivity contribution in [1.82, 2.24) is 9.47 Å². The second kappa shape index (κ2) is 6.83. The van der Waals surface area contributed by atoms with Crippen molar-refractivity contribution in [3.05, 3.63) is 63.5 Å². The van der Waals surface area contributed by atoms with Crippen LogP contribution >= 0.6 is 11.3 Å². The fourth-order valence-electron chi connectivity index (χ4n) is 3.37. The summed E-state index contributed by atoms with van der Waals surface area (Å²) >= 11 is 1.43. The lowest BCUT2D eigenvalue weighted by molar-refractivity contribution is -0.118. The standard InChI is InChI=1S/C21H19N3O3S/c1-4-23-16-9-12(2)13(3)10-17(16)28-21(23)22-18(25)11-24-19(26)14-7-5-6-8-15(14)20(24)27/h5-10H,4,11H2,1-3H3. The highest BCUT2D eigenvalue weighted by atomic mass is 32.1. The average Bonchev–Trinajstić information content (AvgIpc) is 3.12. The number of benzene rings is 2. The number of hydrogen-bond donors (Lipinski definition) is 0. The maximum Gasteiger partial charge on any atom is 0.268 e. The highest BCUT2D eigenvalue weighted by molar-refractivity contribution is 7.16. The average molecular weight is 393 g/mol. The zero-order valence-electron chi connectivity index (χ0n) is 15.9. The number of fused-ring (bicyclic) bond motifs is 2. The minimum atomic E-state index is -0.517. The first-order chi connectivity index (χ1) is 13.4. The molecule has 0 saturated carbocycles. The molecule has 0 radical (unpaired) electrons. The molecule has 2 aromatic carbocycles. The van der Waals surface area contributed by atoms with Gasteiger partial charge >= 0.3 is 0 Å². The predicted octanol–water partition coefficient (Wildman–Crippen LogP) is 3.06. The van der Waals surface area contributed by atoms with Gasteiger partial charge in [0.15, 0.2) is 4.80 Å².